The molecule has 0 bridgehead atoms. The monoisotopic (exact) mass is 310 g/mol. The first-order chi connectivity index (χ1) is 10.7. The number of methoxy groups -OCH3 is 2. The van der Waals surface area contributed by atoms with Gasteiger partial charge in [0.1, 0.15) is 12.6 Å². The minimum absolute atomic E-state index is 0.132. The summed E-state index contributed by atoms with van der Waals surface area (Å²) in [4.78, 5) is 12.1. The third-order valence-electron chi connectivity index (χ3n) is 3.21. The number of benzene rings is 1. The van der Waals surface area contributed by atoms with E-state index in [1.54, 1.807) is 32.4 Å². The maximum atomic E-state index is 12.1. The number of ether oxygens (including phenoxy) is 4. The summed E-state index contributed by atoms with van der Waals surface area (Å²) in [7, 11) is 3.18. The van der Waals surface area contributed by atoms with E-state index in [1.807, 2.05) is 0 Å². The van der Waals surface area contributed by atoms with Gasteiger partial charge in [0.05, 0.1) is 26.9 Å². The molecule has 7 nitrogen and oxygen atoms in total. The van der Waals surface area contributed by atoms with Crippen molar-refractivity contribution in [1.82, 2.24) is 5.32 Å². The van der Waals surface area contributed by atoms with E-state index in [4.69, 9.17) is 18.9 Å². The van der Waals surface area contributed by atoms with Crippen molar-refractivity contribution in [3.05, 3.63) is 18.2 Å². The molecule has 122 valence electrons. The number of morpholine rings is 1. The fraction of sp³-hybridized carbons (Fsp3) is 0.533. The molecular weight excluding hydrogens is 288 g/mol. The van der Waals surface area contributed by atoms with Crippen molar-refractivity contribution in [2.24, 2.45) is 0 Å². The van der Waals surface area contributed by atoms with E-state index in [0.717, 1.165) is 0 Å². The van der Waals surface area contributed by atoms with Gasteiger partial charge in [0, 0.05) is 25.4 Å². The van der Waals surface area contributed by atoms with Crippen LogP contribution in [0.5, 0.6) is 11.5 Å². The van der Waals surface area contributed by atoms with Gasteiger partial charge in [0.25, 0.3) is 0 Å². The number of nitrogens with one attached hydrogen (secondary N) is 2. The lowest BCUT2D eigenvalue weighted by Gasteiger charge is -2.23. The van der Waals surface area contributed by atoms with Gasteiger partial charge in [-0.05, 0) is 12.1 Å². The SMILES string of the molecule is COCCOc1cc(NC(=O)C2COCCN2)ccc1OC. The molecule has 1 amide bonds. The predicted molar refractivity (Wildman–Crippen MR) is 81.6 cm³/mol. The number of anilines is 1. The van der Waals surface area contributed by atoms with Crippen molar-refractivity contribution in [2.75, 3.05) is 52.5 Å². The lowest BCUT2D eigenvalue weighted by molar-refractivity contribution is -0.120. The number of hydrogen-bond donors (Lipinski definition) is 2. The highest BCUT2D eigenvalue weighted by Crippen LogP contribution is 2.30. The molecule has 0 aliphatic carbocycles. The predicted octanol–water partition coefficient (Wildman–Crippen LogP) is 0.647. The quantitative estimate of drug-likeness (QED) is 0.720. The molecule has 0 aromatic heterocycles. The van der Waals surface area contributed by atoms with Crippen LogP contribution in [-0.4, -0.2) is 59.1 Å². The second-order valence-corrected chi connectivity index (χ2v) is 4.78. The molecule has 1 fully saturated rings. The molecule has 1 aromatic rings. The Morgan fingerprint density at radius 2 is 2.23 bits per heavy atom. The highest BCUT2D eigenvalue weighted by Gasteiger charge is 2.21. The van der Waals surface area contributed by atoms with Crippen LogP contribution < -0.4 is 20.1 Å². The summed E-state index contributed by atoms with van der Waals surface area (Å²) in [6.45, 7) is 2.56. The van der Waals surface area contributed by atoms with Crippen LogP contribution in [0.25, 0.3) is 0 Å². The normalized spacial score (nSPS) is 17.8. The molecule has 1 atom stereocenters. The zero-order valence-electron chi connectivity index (χ0n) is 12.9. The number of amides is 1. The van der Waals surface area contributed by atoms with E-state index in [2.05, 4.69) is 10.6 Å². The Kier molecular flexibility index (Phi) is 6.45. The van der Waals surface area contributed by atoms with E-state index < -0.39 is 0 Å². The number of carbonyl (C=O) groups is 1. The van der Waals surface area contributed by atoms with Crippen LogP contribution in [0.1, 0.15) is 0 Å². The minimum atomic E-state index is -0.339. The van der Waals surface area contributed by atoms with Gasteiger partial charge in [0.15, 0.2) is 11.5 Å². The Balaban J connectivity index is 2.00. The summed E-state index contributed by atoms with van der Waals surface area (Å²) in [5.41, 5.74) is 0.644. The summed E-state index contributed by atoms with van der Waals surface area (Å²) < 4.78 is 21.1. The Bertz CT molecular complexity index is 489. The van der Waals surface area contributed by atoms with Gasteiger partial charge in [-0.1, -0.05) is 0 Å². The van der Waals surface area contributed by atoms with E-state index >= 15 is 0 Å². The zero-order valence-corrected chi connectivity index (χ0v) is 12.9. The molecule has 0 radical (unpaired) electrons. The topological polar surface area (TPSA) is 78.1 Å². The summed E-state index contributed by atoms with van der Waals surface area (Å²) in [5, 5.41) is 5.95. The summed E-state index contributed by atoms with van der Waals surface area (Å²) in [6.07, 6.45) is 0. The first-order valence-electron chi connectivity index (χ1n) is 7.16. The molecule has 22 heavy (non-hydrogen) atoms. The van der Waals surface area contributed by atoms with E-state index in [9.17, 15) is 4.79 Å². The van der Waals surface area contributed by atoms with Crippen LogP contribution in [0.15, 0.2) is 18.2 Å². The van der Waals surface area contributed by atoms with Crippen LogP contribution in [-0.2, 0) is 14.3 Å². The molecule has 1 aliphatic heterocycles. The van der Waals surface area contributed by atoms with Crippen LogP contribution in [0.3, 0.4) is 0 Å². The van der Waals surface area contributed by atoms with Crippen LogP contribution in [0, 0.1) is 0 Å². The van der Waals surface area contributed by atoms with Crippen molar-refractivity contribution < 1.29 is 23.7 Å². The molecule has 1 heterocycles. The number of hydrogen-bond acceptors (Lipinski definition) is 6. The molecule has 2 N–H and O–H groups in total. The molecule has 0 spiro atoms. The zero-order chi connectivity index (χ0) is 15.8. The fourth-order valence-corrected chi connectivity index (χ4v) is 2.07. The molecule has 1 saturated heterocycles. The Morgan fingerprint density at radius 3 is 2.91 bits per heavy atom. The average molecular weight is 310 g/mol. The van der Waals surface area contributed by atoms with Crippen molar-refractivity contribution in [2.45, 2.75) is 6.04 Å². The smallest absolute Gasteiger partial charge is 0.243 e. The van der Waals surface area contributed by atoms with Gasteiger partial charge in [0.2, 0.25) is 5.91 Å². The van der Waals surface area contributed by atoms with E-state index in [0.29, 0.717) is 50.2 Å². The van der Waals surface area contributed by atoms with Gasteiger partial charge < -0.3 is 29.6 Å². The third kappa shape index (κ3) is 4.59. The third-order valence-corrected chi connectivity index (χ3v) is 3.21. The standard InChI is InChI=1S/C15H22N2O5/c1-19-7-8-22-14-9-11(3-4-13(14)20-2)17-15(18)12-10-21-6-5-16-12/h3-4,9,12,16H,5-8,10H2,1-2H3,(H,17,18). The summed E-state index contributed by atoms with van der Waals surface area (Å²) in [5.74, 6) is 1.03. The lowest BCUT2D eigenvalue weighted by Crippen LogP contribution is -2.48. The summed E-state index contributed by atoms with van der Waals surface area (Å²) >= 11 is 0. The number of carbonyl (C=O) groups excluding carboxylic acids is 1. The molecule has 1 aromatic carbocycles. The van der Waals surface area contributed by atoms with E-state index in [-0.39, 0.29) is 11.9 Å². The van der Waals surface area contributed by atoms with E-state index in [1.165, 1.54) is 0 Å². The number of rotatable bonds is 7. The van der Waals surface area contributed by atoms with Gasteiger partial charge in [-0.2, -0.15) is 0 Å². The van der Waals surface area contributed by atoms with Crippen LogP contribution in [0.2, 0.25) is 0 Å². The molecule has 7 heteroatoms. The Hall–Kier alpha value is -1.83. The van der Waals surface area contributed by atoms with Gasteiger partial charge in [-0.3, -0.25) is 4.79 Å². The highest BCUT2D eigenvalue weighted by molar-refractivity contribution is 5.95. The van der Waals surface area contributed by atoms with Gasteiger partial charge >= 0.3 is 0 Å². The fourth-order valence-electron chi connectivity index (χ4n) is 2.07. The second-order valence-electron chi connectivity index (χ2n) is 4.78. The maximum absolute atomic E-state index is 12.1. The Morgan fingerprint density at radius 1 is 1.36 bits per heavy atom. The minimum Gasteiger partial charge on any atom is -0.493 e. The van der Waals surface area contributed by atoms with Crippen molar-refractivity contribution in [1.29, 1.82) is 0 Å². The molecular formula is C15H22N2O5. The van der Waals surface area contributed by atoms with Crippen LogP contribution >= 0.6 is 0 Å². The molecule has 1 aliphatic rings. The maximum Gasteiger partial charge on any atom is 0.243 e. The van der Waals surface area contributed by atoms with Crippen molar-refractivity contribution in [3.63, 3.8) is 0 Å². The summed E-state index contributed by atoms with van der Waals surface area (Å²) in [6, 6.07) is 4.91. The Labute approximate surface area is 129 Å². The first kappa shape index (κ1) is 16.5. The second kappa shape index (κ2) is 8.57. The van der Waals surface area contributed by atoms with Gasteiger partial charge in [-0.25, -0.2) is 0 Å². The molecule has 0 saturated carbocycles. The largest absolute Gasteiger partial charge is 0.493 e. The highest BCUT2D eigenvalue weighted by atomic mass is 16.5. The first-order valence-corrected chi connectivity index (χ1v) is 7.16. The molecule has 1 unspecified atom stereocenters. The molecule has 2 rings (SSSR count). The lowest BCUT2D eigenvalue weighted by atomic mass is 10.2. The van der Waals surface area contributed by atoms with Gasteiger partial charge in [-0.15, -0.1) is 0 Å². The van der Waals surface area contributed by atoms with Crippen LogP contribution in [0.4, 0.5) is 5.69 Å². The van der Waals surface area contributed by atoms with Crippen molar-refractivity contribution >= 4 is 11.6 Å². The van der Waals surface area contributed by atoms with Crippen molar-refractivity contribution in [3.8, 4) is 11.5 Å². The average Bonchev–Trinajstić information content (AvgIpc) is 2.56.